The molecule has 1 aromatic carbocycles. The molecule has 0 aliphatic heterocycles. The summed E-state index contributed by atoms with van der Waals surface area (Å²) in [4.78, 5) is 25.3. The molecule has 0 saturated heterocycles. The van der Waals surface area contributed by atoms with E-state index in [4.69, 9.17) is 14.9 Å². The molecule has 2 heterocycles. The van der Waals surface area contributed by atoms with Crippen LogP contribution in [0.3, 0.4) is 0 Å². The molecule has 200 valence electrons. The quantitative estimate of drug-likeness (QED) is 0.334. The number of amides is 1. The van der Waals surface area contributed by atoms with Gasteiger partial charge in [-0.05, 0) is 50.1 Å². The zero-order chi connectivity index (χ0) is 27.5. The minimum Gasteiger partial charge on any atom is -0.494 e. The Kier molecular flexibility index (Phi) is 7.53. The molecule has 9 nitrogen and oxygen atoms in total. The highest BCUT2D eigenvalue weighted by atomic mass is 19.4. The highest BCUT2D eigenvalue weighted by molar-refractivity contribution is 5.98. The standard InChI is InChI=1S/C26H27F3N6O3/c1-4-5-12-31-15(2)35-25(10-11-25)14-32-23(36)22-19(13-30)38-24(34-22)17-6-8-18(37-3)21-16(17)7-9-20(33-21)26(27,28)29/h4-9,12,35H,2,10-11,13-14,30H2,1,3H3,(H,32,36)/b5-4-,31-12?. The Balaban J connectivity index is 1.58. The molecule has 0 spiro atoms. The van der Waals surface area contributed by atoms with Crippen molar-refractivity contribution in [2.45, 2.75) is 38.0 Å². The van der Waals surface area contributed by atoms with E-state index in [-0.39, 0.29) is 40.7 Å². The molecule has 38 heavy (non-hydrogen) atoms. The van der Waals surface area contributed by atoms with Gasteiger partial charge < -0.3 is 25.5 Å². The molecule has 4 rings (SSSR count). The monoisotopic (exact) mass is 528 g/mol. The first-order valence-electron chi connectivity index (χ1n) is 11.8. The smallest absolute Gasteiger partial charge is 0.433 e. The fraction of sp³-hybridized carbons (Fsp3) is 0.308. The van der Waals surface area contributed by atoms with E-state index in [9.17, 15) is 18.0 Å². The van der Waals surface area contributed by atoms with Crippen molar-refractivity contribution in [1.82, 2.24) is 20.6 Å². The molecule has 12 heteroatoms. The van der Waals surface area contributed by atoms with Gasteiger partial charge in [0.2, 0.25) is 5.89 Å². The number of hydrogen-bond acceptors (Lipinski definition) is 8. The lowest BCUT2D eigenvalue weighted by atomic mass is 10.1. The van der Waals surface area contributed by atoms with Gasteiger partial charge in [-0.1, -0.05) is 12.7 Å². The summed E-state index contributed by atoms with van der Waals surface area (Å²) < 4.78 is 50.7. The molecule has 1 aliphatic carbocycles. The summed E-state index contributed by atoms with van der Waals surface area (Å²) in [7, 11) is 1.34. The summed E-state index contributed by atoms with van der Waals surface area (Å²) >= 11 is 0. The maximum atomic E-state index is 13.3. The number of alkyl halides is 3. The second-order valence-corrected chi connectivity index (χ2v) is 8.74. The average molecular weight is 529 g/mol. The van der Waals surface area contributed by atoms with Crippen molar-refractivity contribution < 1.29 is 27.1 Å². The Bertz CT molecular complexity index is 1420. The minimum absolute atomic E-state index is 0.00734. The van der Waals surface area contributed by atoms with Crippen LogP contribution in [-0.2, 0) is 12.7 Å². The molecular formula is C26H27F3N6O3. The number of halogens is 3. The van der Waals surface area contributed by atoms with E-state index < -0.39 is 17.8 Å². The molecular weight excluding hydrogens is 501 g/mol. The minimum atomic E-state index is -4.63. The summed E-state index contributed by atoms with van der Waals surface area (Å²) in [5, 5.41) is 6.39. The number of oxazole rings is 1. The fourth-order valence-corrected chi connectivity index (χ4v) is 3.87. The number of fused-ring (bicyclic) bond motifs is 1. The number of carbonyl (C=O) groups is 1. The van der Waals surface area contributed by atoms with Crippen molar-refractivity contribution in [3.8, 4) is 17.2 Å². The summed E-state index contributed by atoms with van der Waals surface area (Å²) in [6, 6.07) is 5.17. The van der Waals surface area contributed by atoms with Crippen molar-refractivity contribution in [1.29, 1.82) is 0 Å². The third-order valence-corrected chi connectivity index (χ3v) is 6.02. The SMILES string of the molecule is C=C(N=C/C=C\C)NC1(CNC(=O)c2nc(-c3ccc(OC)c4nc(C(F)(F)F)ccc34)oc2CN)CC1. The number of ether oxygens (including phenoxy) is 1. The van der Waals surface area contributed by atoms with Crippen LogP contribution in [0.15, 0.2) is 58.2 Å². The van der Waals surface area contributed by atoms with Gasteiger partial charge in [-0.15, -0.1) is 0 Å². The zero-order valence-corrected chi connectivity index (χ0v) is 20.9. The number of nitrogens with two attached hydrogens (primary N) is 1. The Morgan fingerprint density at radius 1 is 1.29 bits per heavy atom. The Labute approximate surface area is 216 Å². The van der Waals surface area contributed by atoms with E-state index in [0.717, 1.165) is 18.9 Å². The number of aromatic nitrogens is 2. The maximum absolute atomic E-state index is 13.3. The van der Waals surface area contributed by atoms with E-state index in [0.29, 0.717) is 23.3 Å². The van der Waals surface area contributed by atoms with Gasteiger partial charge in [0.05, 0.1) is 19.2 Å². The van der Waals surface area contributed by atoms with Crippen LogP contribution in [0, 0.1) is 0 Å². The largest absolute Gasteiger partial charge is 0.494 e. The highest BCUT2D eigenvalue weighted by Gasteiger charge is 2.43. The van der Waals surface area contributed by atoms with Crippen molar-refractivity contribution in [3.05, 3.63) is 66.0 Å². The molecule has 2 aromatic heterocycles. The Morgan fingerprint density at radius 3 is 2.68 bits per heavy atom. The summed E-state index contributed by atoms with van der Waals surface area (Å²) in [6.07, 6.45) is 2.26. The third kappa shape index (κ3) is 5.70. The number of rotatable bonds is 10. The van der Waals surface area contributed by atoms with E-state index in [1.165, 1.54) is 19.2 Å². The number of hydrogen-bond donors (Lipinski definition) is 3. The van der Waals surface area contributed by atoms with Gasteiger partial charge >= 0.3 is 6.18 Å². The van der Waals surface area contributed by atoms with Crippen molar-refractivity contribution >= 4 is 23.0 Å². The summed E-state index contributed by atoms with van der Waals surface area (Å²) in [6.45, 7) is 5.95. The number of benzene rings is 1. The molecule has 0 atom stereocenters. The molecule has 1 fully saturated rings. The van der Waals surface area contributed by atoms with Gasteiger partial charge in [0.1, 0.15) is 22.8 Å². The van der Waals surface area contributed by atoms with Gasteiger partial charge in [0.15, 0.2) is 11.5 Å². The molecule has 0 bridgehead atoms. The van der Waals surface area contributed by atoms with Crippen LogP contribution in [0.2, 0.25) is 0 Å². The van der Waals surface area contributed by atoms with Gasteiger partial charge in [-0.2, -0.15) is 13.2 Å². The van der Waals surface area contributed by atoms with Crippen LogP contribution >= 0.6 is 0 Å². The number of aliphatic imine (C=N–C) groups is 1. The molecule has 1 saturated carbocycles. The lowest BCUT2D eigenvalue weighted by Crippen LogP contribution is -2.42. The lowest BCUT2D eigenvalue weighted by Gasteiger charge is -2.18. The molecule has 4 N–H and O–H groups in total. The van der Waals surface area contributed by atoms with Crippen LogP contribution < -0.4 is 21.1 Å². The van der Waals surface area contributed by atoms with Crippen molar-refractivity contribution in [2.75, 3.05) is 13.7 Å². The van der Waals surface area contributed by atoms with Crippen LogP contribution in [0.25, 0.3) is 22.4 Å². The summed E-state index contributed by atoms with van der Waals surface area (Å²) in [5.41, 5.74) is 4.70. The predicted octanol–water partition coefficient (Wildman–Crippen LogP) is 4.35. The zero-order valence-electron chi connectivity index (χ0n) is 20.9. The number of carbonyl (C=O) groups excluding carboxylic acids is 1. The Morgan fingerprint density at radius 2 is 2.05 bits per heavy atom. The second kappa shape index (κ2) is 10.7. The molecule has 0 radical (unpaired) electrons. The molecule has 3 aromatic rings. The lowest BCUT2D eigenvalue weighted by molar-refractivity contribution is -0.140. The van der Waals surface area contributed by atoms with Gasteiger partial charge in [-0.25, -0.2) is 15.0 Å². The van der Waals surface area contributed by atoms with Crippen LogP contribution in [-0.4, -0.2) is 41.3 Å². The van der Waals surface area contributed by atoms with Crippen LogP contribution in [0.4, 0.5) is 13.2 Å². The van der Waals surface area contributed by atoms with E-state index >= 15 is 0 Å². The highest BCUT2D eigenvalue weighted by Crippen LogP contribution is 2.38. The van der Waals surface area contributed by atoms with Crippen LogP contribution in [0.5, 0.6) is 5.75 Å². The number of nitrogens with one attached hydrogen (secondary N) is 2. The van der Waals surface area contributed by atoms with Crippen molar-refractivity contribution in [2.24, 2.45) is 10.7 Å². The average Bonchev–Trinajstić information content (AvgIpc) is 3.51. The number of nitrogens with zero attached hydrogens (tertiary/aromatic N) is 3. The first-order chi connectivity index (χ1) is 18.1. The van der Waals surface area contributed by atoms with Gasteiger partial charge in [0.25, 0.3) is 5.91 Å². The fourth-order valence-electron chi connectivity index (χ4n) is 3.87. The normalized spacial score (nSPS) is 14.8. The topological polar surface area (TPSA) is 128 Å². The molecule has 1 aliphatic rings. The second-order valence-electron chi connectivity index (χ2n) is 8.74. The summed E-state index contributed by atoms with van der Waals surface area (Å²) in [5.74, 6) is 0.300. The first kappa shape index (κ1) is 26.9. The van der Waals surface area contributed by atoms with Gasteiger partial charge in [0, 0.05) is 23.7 Å². The molecule has 1 amide bonds. The molecule has 0 unspecified atom stereocenters. The van der Waals surface area contributed by atoms with Crippen LogP contribution in [0.1, 0.15) is 41.7 Å². The van der Waals surface area contributed by atoms with Gasteiger partial charge in [-0.3, -0.25) is 4.79 Å². The van der Waals surface area contributed by atoms with E-state index in [2.05, 4.69) is 32.2 Å². The van der Waals surface area contributed by atoms with E-state index in [1.54, 1.807) is 18.4 Å². The van der Waals surface area contributed by atoms with Crippen molar-refractivity contribution in [3.63, 3.8) is 0 Å². The first-order valence-corrected chi connectivity index (χ1v) is 11.8. The predicted molar refractivity (Wildman–Crippen MR) is 137 cm³/mol. The number of methoxy groups -OCH3 is 1. The maximum Gasteiger partial charge on any atom is 0.433 e. The van der Waals surface area contributed by atoms with E-state index in [1.807, 2.05) is 13.0 Å². The number of allylic oxidation sites excluding steroid dienone is 2. The number of pyridine rings is 1. The third-order valence-electron chi connectivity index (χ3n) is 6.02. The Hall–Kier alpha value is -4.19.